The van der Waals surface area contributed by atoms with E-state index in [2.05, 4.69) is 86.8 Å². The molecular formula is C43H75O9P. The topological polar surface area (TPSA) is 132 Å². The molecule has 0 aromatic rings. The van der Waals surface area contributed by atoms with Gasteiger partial charge in [-0.05, 0) is 77.0 Å². The van der Waals surface area contributed by atoms with Gasteiger partial charge in [0.05, 0.1) is 26.4 Å². The van der Waals surface area contributed by atoms with Gasteiger partial charge in [-0.15, -0.1) is 0 Å². The molecule has 0 bridgehead atoms. The summed E-state index contributed by atoms with van der Waals surface area (Å²) in [5.41, 5.74) is 0. The first-order valence-corrected chi connectivity index (χ1v) is 21.9. The van der Waals surface area contributed by atoms with Gasteiger partial charge in [-0.2, -0.15) is 0 Å². The van der Waals surface area contributed by atoms with Crippen molar-refractivity contribution in [2.75, 3.05) is 33.0 Å². The number of ether oxygens (including phenoxy) is 2. The molecule has 3 unspecified atom stereocenters. The maximum Gasteiger partial charge on any atom is 0.472 e. The van der Waals surface area contributed by atoms with Crippen LogP contribution in [0.5, 0.6) is 0 Å². The first-order chi connectivity index (χ1) is 25.8. The zero-order chi connectivity index (χ0) is 38.9. The zero-order valence-electron chi connectivity index (χ0n) is 33.2. The van der Waals surface area contributed by atoms with Crippen LogP contribution in [0.2, 0.25) is 0 Å². The lowest BCUT2D eigenvalue weighted by Gasteiger charge is -2.20. The smallest absolute Gasteiger partial charge is 0.457 e. The second-order valence-corrected chi connectivity index (χ2v) is 14.7. The molecule has 0 radical (unpaired) electrons. The molecule has 3 N–H and O–H groups in total. The summed E-state index contributed by atoms with van der Waals surface area (Å²) in [6.07, 6.45) is 45.7. The van der Waals surface area contributed by atoms with Gasteiger partial charge in [-0.1, -0.05) is 138 Å². The van der Waals surface area contributed by atoms with Crippen LogP contribution in [0.4, 0.5) is 0 Å². The molecule has 0 aliphatic rings. The number of carbonyl (C=O) groups excluding carboxylic acids is 1. The minimum Gasteiger partial charge on any atom is -0.457 e. The Labute approximate surface area is 322 Å². The van der Waals surface area contributed by atoms with E-state index in [4.69, 9.17) is 23.6 Å². The van der Waals surface area contributed by atoms with Crippen molar-refractivity contribution in [1.82, 2.24) is 0 Å². The highest BCUT2D eigenvalue weighted by Gasteiger charge is 2.26. The Morgan fingerprint density at radius 3 is 1.62 bits per heavy atom. The maximum atomic E-state index is 12.6. The van der Waals surface area contributed by atoms with Crippen LogP contribution >= 0.6 is 7.82 Å². The van der Waals surface area contributed by atoms with Crippen LogP contribution in [-0.2, 0) is 27.9 Å². The molecule has 0 saturated carbocycles. The van der Waals surface area contributed by atoms with E-state index in [1.165, 1.54) is 38.5 Å². The van der Waals surface area contributed by atoms with Crippen molar-refractivity contribution in [2.45, 2.75) is 161 Å². The Morgan fingerprint density at radius 2 is 1.08 bits per heavy atom. The third-order valence-corrected chi connectivity index (χ3v) is 9.08. The number of aliphatic hydroxyl groups excluding tert-OH is 2. The van der Waals surface area contributed by atoms with Gasteiger partial charge in [0.2, 0.25) is 0 Å². The second-order valence-electron chi connectivity index (χ2n) is 13.3. The van der Waals surface area contributed by atoms with Gasteiger partial charge in [0.15, 0.2) is 0 Å². The van der Waals surface area contributed by atoms with E-state index >= 15 is 0 Å². The Hall–Kier alpha value is -2.10. The number of aliphatic hydroxyl groups is 2. The highest BCUT2D eigenvalue weighted by atomic mass is 31.2. The third-order valence-electron chi connectivity index (χ3n) is 8.13. The number of hydrogen-bond donors (Lipinski definition) is 3. The third kappa shape index (κ3) is 39.4. The molecule has 0 amide bonds. The van der Waals surface area contributed by atoms with Crippen molar-refractivity contribution in [3.63, 3.8) is 0 Å². The molecule has 306 valence electrons. The first kappa shape index (κ1) is 50.9. The minimum atomic E-state index is -4.53. The summed E-state index contributed by atoms with van der Waals surface area (Å²) in [6.45, 7) is 3.28. The normalized spacial score (nSPS) is 14.9. The molecule has 0 saturated heterocycles. The number of hydrogen-bond acceptors (Lipinski definition) is 8. The standard InChI is InChI=1S/C43H75O9P/c1-3-5-7-9-11-13-15-17-19-20-21-23-25-27-29-31-33-35-43(46)52-42(40-51-53(47,48)50-38-41(45)37-44)39-49-36-34-32-30-28-26-24-22-18-16-14-12-10-8-6-4-2/h5,7,10-13,16-19,21,23,41-42,44-45H,3-4,6,8-9,14-15,20,22,24-40H2,1-2H3,(H,47,48)/b7-5-,12-10-,13-11-,18-16-,19-17-,23-21-. The van der Waals surface area contributed by atoms with Crippen molar-refractivity contribution in [1.29, 1.82) is 0 Å². The number of rotatable bonds is 38. The van der Waals surface area contributed by atoms with Crippen LogP contribution in [0, 0.1) is 0 Å². The summed E-state index contributed by atoms with van der Waals surface area (Å²) in [7, 11) is -4.53. The van der Waals surface area contributed by atoms with E-state index in [-0.39, 0.29) is 13.0 Å². The molecular weight excluding hydrogens is 691 g/mol. The molecule has 0 spiro atoms. The van der Waals surface area contributed by atoms with E-state index in [0.717, 1.165) is 83.5 Å². The first-order valence-electron chi connectivity index (χ1n) is 20.4. The molecule has 9 nitrogen and oxygen atoms in total. The van der Waals surface area contributed by atoms with Gasteiger partial charge in [0.25, 0.3) is 0 Å². The van der Waals surface area contributed by atoms with Crippen LogP contribution in [0.25, 0.3) is 0 Å². The molecule has 0 heterocycles. The summed E-state index contributed by atoms with van der Waals surface area (Å²) in [6, 6.07) is 0. The second kappa shape index (κ2) is 39.6. The van der Waals surface area contributed by atoms with E-state index < -0.39 is 45.8 Å². The van der Waals surface area contributed by atoms with Crippen molar-refractivity contribution in [3.05, 3.63) is 72.9 Å². The summed E-state index contributed by atoms with van der Waals surface area (Å²) < 4.78 is 33.3. The van der Waals surface area contributed by atoms with E-state index in [0.29, 0.717) is 13.0 Å². The number of esters is 1. The average molecular weight is 767 g/mol. The van der Waals surface area contributed by atoms with E-state index in [1.807, 2.05) is 0 Å². The van der Waals surface area contributed by atoms with Crippen LogP contribution in [0.3, 0.4) is 0 Å². The predicted molar refractivity (Wildman–Crippen MR) is 219 cm³/mol. The molecule has 0 fully saturated rings. The molecule has 3 atom stereocenters. The number of carbonyl (C=O) groups is 1. The Bertz CT molecular complexity index is 1050. The van der Waals surface area contributed by atoms with Crippen molar-refractivity contribution >= 4 is 13.8 Å². The van der Waals surface area contributed by atoms with E-state index in [9.17, 15) is 19.4 Å². The van der Waals surface area contributed by atoms with Gasteiger partial charge < -0.3 is 24.6 Å². The number of allylic oxidation sites excluding steroid dienone is 12. The maximum absolute atomic E-state index is 12.6. The fourth-order valence-corrected chi connectivity index (χ4v) is 5.80. The SMILES string of the molecule is CC/C=C\C/C=C\C/C=C\C/C=C\CCCCCCC(=O)OC(COCCCCCCCC/C=C\C/C=C\CCCC)COP(=O)(O)OCC(O)CO. The summed E-state index contributed by atoms with van der Waals surface area (Å²) in [5, 5.41) is 18.3. The monoisotopic (exact) mass is 767 g/mol. The molecule has 53 heavy (non-hydrogen) atoms. The number of phosphoric acid groups is 1. The lowest BCUT2D eigenvalue weighted by Crippen LogP contribution is -2.29. The van der Waals surface area contributed by atoms with Crippen LogP contribution < -0.4 is 0 Å². The lowest BCUT2D eigenvalue weighted by molar-refractivity contribution is -0.154. The summed E-state index contributed by atoms with van der Waals surface area (Å²) in [4.78, 5) is 22.5. The largest absolute Gasteiger partial charge is 0.472 e. The highest BCUT2D eigenvalue weighted by molar-refractivity contribution is 7.47. The molecule has 0 aliphatic carbocycles. The Balaban J connectivity index is 4.29. The Kier molecular flexibility index (Phi) is 38.0. The molecule has 0 rings (SSSR count). The lowest BCUT2D eigenvalue weighted by atomic mass is 10.1. The van der Waals surface area contributed by atoms with Crippen LogP contribution in [0.15, 0.2) is 72.9 Å². The van der Waals surface area contributed by atoms with Gasteiger partial charge in [0.1, 0.15) is 12.2 Å². The summed E-state index contributed by atoms with van der Waals surface area (Å²) in [5.74, 6) is -0.413. The molecule has 0 aromatic carbocycles. The average Bonchev–Trinajstić information content (AvgIpc) is 3.15. The predicted octanol–water partition coefficient (Wildman–Crippen LogP) is 11.0. The Morgan fingerprint density at radius 1 is 0.604 bits per heavy atom. The minimum absolute atomic E-state index is 0.0278. The summed E-state index contributed by atoms with van der Waals surface area (Å²) >= 11 is 0. The van der Waals surface area contributed by atoms with Crippen LogP contribution in [0.1, 0.15) is 149 Å². The van der Waals surface area contributed by atoms with Gasteiger partial charge in [-0.3, -0.25) is 13.8 Å². The van der Waals surface area contributed by atoms with Crippen molar-refractivity contribution in [3.8, 4) is 0 Å². The fraction of sp³-hybridized carbons (Fsp3) is 0.698. The van der Waals surface area contributed by atoms with Gasteiger partial charge >= 0.3 is 13.8 Å². The van der Waals surface area contributed by atoms with Crippen molar-refractivity contribution in [2.24, 2.45) is 0 Å². The number of unbranched alkanes of at least 4 members (excludes halogenated alkanes) is 12. The molecule has 0 aromatic heterocycles. The zero-order valence-corrected chi connectivity index (χ0v) is 34.1. The van der Waals surface area contributed by atoms with Gasteiger partial charge in [0, 0.05) is 13.0 Å². The molecule has 0 aliphatic heterocycles. The van der Waals surface area contributed by atoms with Crippen molar-refractivity contribution < 1.29 is 43.0 Å². The quantitative estimate of drug-likeness (QED) is 0.0243. The van der Waals surface area contributed by atoms with Gasteiger partial charge in [-0.25, -0.2) is 4.57 Å². The van der Waals surface area contributed by atoms with E-state index in [1.54, 1.807) is 0 Å². The number of phosphoric ester groups is 1. The molecule has 10 heteroatoms. The highest BCUT2D eigenvalue weighted by Crippen LogP contribution is 2.43. The van der Waals surface area contributed by atoms with Crippen LogP contribution in [-0.4, -0.2) is 66.3 Å². The fourth-order valence-electron chi connectivity index (χ4n) is 5.01.